The van der Waals surface area contributed by atoms with Gasteiger partial charge in [0.1, 0.15) is 10.7 Å². The number of benzene rings is 2. The molecule has 0 radical (unpaired) electrons. The summed E-state index contributed by atoms with van der Waals surface area (Å²) in [5.41, 5.74) is 6.80. The van der Waals surface area contributed by atoms with Crippen LogP contribution in [0.25, 0.3) is 0 Å². The van der Waals surface area contributed by atoms with Crippen molar-refractivity contribution in [3.63, 3.8) is 0 Å². The van der Waals surface area contributed by atoms with E-state index in [0.717, 1.165) is 11.3 Å². The maximum Gasteiger partial charge on any atom is 0.306 e. The van der Waals surface area contributed by atoms with Gasteiger partial charge in [-0.3, -0.25) is 13.8 Å². The first kappa shape index (κ1) is 25.2. The molecule has 0 aliphatic carbocycles. The Kier molecular flexibility index (Phi) is 8.47. The van der Waals surface area contributed by atoms with Gasteiger partial charge in [-0.2, -0.15) is 0 Å². The molecule has 33 heavy (non-hydrogen) atoms. The van der Waals surface area contributed by atoms with Crippen molar-refractivity contribution in [2.45, 2.75) is 31.3 Å². The highest BCUT2D eigenvalue weighted by Gasteiger charge is 2.22. The lowest BCUT2D eigenvalue weighted by Crippen LogP contribution is -2.14. The first-order valence-electron chi connectivity index (χ1n) is 9.85. The van der Waals surface area contributed by atoms with E-state index in [1.54, 1.807) is 56.3 Å². The van der Waals surface area contributed by atoms with Crippen molar-refractivity contribution in [2.24, 2.45) is 0 Å². The van der Waals surface area contributed by atoms with E-state index >= 15 is 0 Å². The van der Waals surface area contributed by atoms with Gasteiger partial charge in [-0.05, 0) is 50.2 Å². The summed E-state index contributed by atoms with van der Waals surface area (Å²) < 4.78 is 17.5. The van der Waals surface area contributed by atoms with Crippen LogP contribution in [-0.4, -0.2) is 32.8 Å². The van der Waals surface area contributed by atoms with Crippen molar-refractivity contribution < 1.29 is 18.5 Å². The molecule has 0 amide bonds. The number of hydrogen-bond donors (Lipinski definition) is 2. The molecule has 174 valence electrons. The molecule has 1 heterocycles. The molecule has 3 aromatic rings. The molecule has 0 saturated heterocycles. The van der Waals surface area contributed by atoms with Gasteiger partial charge in [0.2, 0.25) is 5.78 Å². The van der Waals surface area contributed by atoms with Crippen molar-refractivity contribution in [3.8, 4) is 0 Å². The van der Waals surface area contributed by atoms with Gasteiger partial charge >= 0.3 is 5.97 Å². The average Bonchev–Trinajstić information content (AvgIpc) is 3.11. The molecule has 1 atom stereocenters. The molecule has 1 aromatic heterocycles. The topological polar surface area (TPSA) is 111 Å². The Morgan fingerprint density at radius 1 is 1.15 bits per heavy atom. The summed E-state index contributed by atoms with van der Waals surface area (Å²) in [6.45, 7) is 3.53. The Bertz CT molecular complexity index is 1180. The molecule has 0 spiro atoms. The number of nitrogens with two attached hydrogens (primary N) is 1. The van der Waals surface area contributed by atoms with Gasteiger partial charge in [-0.1, -0.05) is 40.6 Å². The van der Waals surface area contributed by atoms with Crippen LogP contribution in [0, 0.1) is 0 Å². The van der Waals surface area contributed by atoms with E-state index in [2.05, 4.69) is 10.3 Å². The number of anilines is 3. The molecule has 1 unspecified atom stereocenters. The fraction of sp³-hybridized carbons (Fsp3) is 0.227. The minimum absolute atomic E-state index is 0.0643. The summed E-state index contributed by atoms with van der Waals surface area (Å²) in [6, 6.07) is 11.6. The zero-order valence-corrected chi connectivity index (χ0v) is 20.9. The maximum absolute atomic E-state index is 12.9. The number of ether oxygens (including phenoxy) is 1. The summed E-state index contributed by atoms with van der Waals surface area (Å²) in [5.74, 6) is -0.538. The number of halogens is 2. The van der Waals surface area contributed by atoms with Crippen LogP contribution in [-0.2, 0) is 20.3 Å². The van der Waals surface area contributed by atoms with Gasteiger partial charge in [-0.25, -0.2) is 4.98 Å². The molecule has 3 N–H and O–H groups in total. The van der Waals surface area contributed by atoms with Crippen molar-refractivity contribution in [2.75, 3.05) is 16.8 Å². The van der Waals surface area contributed by atoms with E-state index in [4.69, 9.17) is 33.7 Å². The number of aromatic nitrogens is 1. The second-order valence-corrected chi connectivity index (χ2v) is 10.5. The van der Waals surface area contributed by atoms with Crippen LogP contribution < -0.4 is 11.1 Å². The summed E-state index contributed by atoms with van der Waals surface area (Å²) in [4.78, 5) is 29.5. The molecule has 7 nitrogen and oxygen atoms in total. The van der Waals surface area contributed by atoms with E-state index in [1.807, 2.05) is 0 Å². The van der Waals surface area contributed by atoms with E-state index in [9.17, 15) is 13.8 Å². The second kappa shape index (κ2) is 11.1. The van der Waals surface area contributed by atoms with Crippen LogP contribution >= 0.6 is 34.5 Å². The SMILES string of the molecule is CC(C)OC(=O)CCS(=O)c1ccc(Nc2nc(N)c(C(=O)c3c(Cl)cccc3Cl)s2)cc1. The first-order valence-corrected chi connectivity index (χ1v) is 12.7. The smallest absolute Gasteiger partial charge is 0.306 e. The van der Waals surface area contributed by atoms with Gasteiger partial charge in [-0.15, -0.1) is 0 Å². The second-order valence-electron chi connectivity index (χ2n) is 7.15. The van der Waals surface area contributed by atoms with Crippen LogP contribution in [0.4, 0.5) is 16.6 Å². The Morgan fingerprint density at radius 2 is 1.79 bits per heavy atom. The normalized spacial score (nSPS) is 11.9. The summed E-state index contributed by atoms with van der Waals surface area (Å²) in [5, 5.41) is 3.95. The largest absolute Gasteiger partial charge is 0.463 e. The van der Waals surface area contributed by atoms with Gasteiger partial charge in [0, 0.05) is 16.3 Å². The van der Waals surface area contributed by atoms with Gasteiger partial charge in [0.25, 0.3) is 0 Å². The van der Waals surface area contributed by atoms with Crippen LogP contribution in [0.15, 0.2) is 47.4 Å². The summed E-state index contributed by atoms with van der Waals surface area (Å²) in [7, 11) is -1.34. The molecule has 0 saturated carbocycles. The summed E-state index contributed by atoms with van der Waals surface area (Å²) >= 11 is 13.4. The zero-order chi connectivity index (χ0) is 24.1. The Morgan fingerprint density at radius 3 is 2.39 bits per heavy atom. The zero-order valence-electron chi connectivity index (χ0n) is 17.8. The first-order chi connectivity index (χ1) is 15.7. The van der Waals surface area contributed by atoms with Gasteiger partial charge < -0.3 is 15.8 Å². The number of carbonyl (C=O) groups excluding carboxylic acids is 2. The number of ketones is 1. The third-order valence-electron chi connectivity index (χ3n) is 4.28. The third kappa shape index (κ3) is 6.54. The van der Waals surface area contributed by atoms with E-state index in [-0.39, 0.29) is 50.6 Å². The molecule has 3 rings (SSSR count). The van der Waals surface area contributed by atoms with Crippen molar-refractivity contribution in [1.29, 1.82) is 0 Å². The lowest BCUT2D eigenvalue weighted by molar-refractivity contribution is -0.146. The van der Waals surface area contributed by atoms with Gasteiger partial charge in [0.15, 0.2) is 5.13 Å². The molecule has 2 aromatic carbocycles. The van der Waals surface area contributed by atoms with Gasteiger partial charge in [0.05, 0.1) is 38.9 Å². The predicted molar refractivity (Wildman–Crippen MR) is 133 cm³/mol. The molecule has 0 bridgehead atoms. The van der Waals surface area contributed by atoms with Crippen molar-refractivity contribution in [1.82, 2.24) is 4.98 Å². The molecular formula is C22H21Cl2N3O4S2. The number of esters is 1. The highest BCUT2D eigenvalue weighted by molar-refractivity contribution is 7.85. The van der Waals surface area contributed by atoms with Crippen molar-refractivity contribution >= 4 is 73.7 Å². The average molecular weight is 526 g/mol. The lowest BCUT2D eigenvalue weighted by Gasteiger charge is -2.08. The van der Waals surface area contributed by atoms with Crippen LogP contribution in [0.1, 0.15) is 35.5 Å². The number of hydrogen-bond acceptors (Lipinski definition) is 8. The minimum atomic E-state index is -1.34. The number of rotatable bonds is 9. The fourth-order valence-corrected chi connectivity index (χ4v) is 5.25. The number of thiazole rings is 1. The monoisotopic (exact) mass is 525 g/mol. The fourth-order valence-electron chi connectivity index (χ4n) is 2.81. The highest BCUT2D eigenvalue weighted by atomic mass is 35.5. The molecule has 11 heteroatoms. The lowest BCUT2D eigenvalue weighted by atomic mass is 10.1. The molecule has 0 aliphatic rings. The summed E-state index contributed by atoms with van der Waals surface area (Å²) in [6.07, 6.45) is -0.122. The number of nitrogens with zero attached hydrogens (tertiary/aromatic N) is 1. The number of carbonyl (C=O) groups is 2. The Hall–Kier alpha value is -2.46. The number of nitrogens with one attached hydrogen (secondary N) is 1. The van der Waals surface area contributed by atoms with E-state index in [1.165, 1.54) is 0 Å². The maximum atomic E-state index is 12.9. The van der Waals surface area contributed by atoms with E-state index < -0.39 is 16.6 Å². The molecular weight excluding hydrogens is 505 g/mol. The Labute approximate surface area is 207 Å². The van der Waals surface area contributed by atoms with E-state index in [0.29, 0.717) is 15.7 Å². The standard InChI is InChI=1S/C22H21Cl2N3O4S2/c1-12(2)31-17(28)10-11-33(30)14-8-6-13(7-9-14)26-22-27-21(25)20(32-22)19(29)18-15(23)4-3-5-16(18)24/h3-9,12H,10-11,25H2,1-2H3,(H,26,27). The Balaban J connectivity index is 1.67. The van der Waals surface area contributed by atoms with Crippen molar-refractivity contribution in [3.05, 3.63) is 63.0 Å². The predicted octanol–water partition coefficient (Wildman–Crippen LogP) is 5.46. The molecule has 0 fully saturated rings. The van der Waals surface area contributed by atoms with Crippen LogP contribution in [0.2, 0.25) is 10.0 Å². The molecule has 0 aliphatic heterocycles. The quantitative estimate of drug-likeness (QED) is 0.282. The minimum Gasteiger partial charge on any atom is -0.463 e. The van der Waals surface area contributed by atoms with Crippen LogP contribution in [0.5, 0.6) is 0 Å². The van der Waals surface area contributed by atoms with Crippen LogP contribution in [0.3, 0.4) is 0 Å². The highest BCUT2D eigenvalue weighted by Crippen LogP contribution is 2.34. The third-order valence-corrected chi connectivity index (χ3v) is 7.26. The number of nitrogen functional groups attached to an aromatic ring is 1.